The molecule has 0 atom stereocenters. The van der Waals surface area contributed by atoms with Crippen molar-refractivity contribution in [1.29, 1.82) is 0 Å². The van der Waals surface area contributed by atoms with Crippen molar-refractivity contribution < 1.29 is 8.78 Å². The van der Waals surface area contributed by atoms with Crippen molar-refractivity contribution in [3.63, 3.8) is 0 Å². The van der Waals surface area contributed by atoms with Crippen LogP contribution < -0.4 is 0 Å². The molecule has 2 aromatic carbocycles. The van der Waals surface area contributed by atoms with Crippen molar-refractivity contribution >= 4 is 11.6 Å². The summed E-state index contributed by atoms with van der Waals surface area (Å²) >= 11 is 5.86. The molecule has 15 heavy (non-hydrogen) atoms. The van der Waals surface area contributed by atoms with Crippen LogP contribution in [0.15, 0.2) is 36.4 Å². The van der Waals surface area contributed by atoms with E-state index in [-0.39, 0.29) is 5.56 Å². The van der Waals surface area contributed by atoms with Crippen molar-refractivity contribution in [2.24, 2.45) is 0 Å². The lowest BCUT2D eigenvalue weighted by Gasteiger charge is -2.05. The van der Waals surface area contributed by atoms with Crippen molar-refractivity contribution in [1.82, 2.24) is 0 Å². The second-order valence-corrected chi connectivity index (χ2v) is 3.41. The van der Waals surface area contributed by atoms with Crippen molar-refractivity contribution in [2.45, 2.75) is 0 Å². The van der Waals surface area contributed by atoms with E-state index in [1.54, 1.807) is 12.1 Å². The van der Waals surface area contributed by atoms with Gasteiger partial charge in [0, 0.05) is 16.1 Å². The zero-order valence-electron chi connectivity index (χ0n) is 7.60. The highest BCUT2D eigenvalue weighted by Gasteiger charge is 2.11. The first-order chi connectivity index (χ1) is 7.20. The molecule has 3 heteroatoms. The average Bonchev–Trinajstić information content (AvgIpc) is 2.23. The minimum Gasteiger partial charge on any atom is -0.204 e. The van der Waals surface area contributed by atoms with Gasteiger partial charge < -0.3 is 0 Å². The average molecular weight is 224 g/mol. The maximum Gasteiger partial charge on any atom is 0.166 e. The fourth-order valence-electron chi connectivity index (χ4n) is 1.34. The van der Waals surface area contributed by atoms with Gasteiger partial charge in [0.15, 0.2) is 11.6 Å². The summed E-state index contributed by atoms with van der Waals surface area (Å²) in [5.41, 5.74) is 0.626. The molecule has 0 aromatic heterocycles. The summed E-state index contributed by atoms with van der Waals surface area (Å²) in [6.07, 6.45) is 0. The second-order valence-electron chi connectivity index (χ2n) is 3.01. The predicted molar refractivity (Wildman–Crippen MR) is 55.6 cm³/mol. The van der Waals surface area contributed by atoms with E-state index in [4.69, 9.17) is 11.6 Å². The van der Waals surface area contributed by atoms with Gasteiger partial charge in [0.1, 0.15) is 0 Å². The fourth-order valence-corrected chi connectivity index (χ4v) is 1.57. The van der Waals surface area contributed by atoms with E-state index >= 15 is 0 Å². The number of hydrogen-bond acceptors (Lipinski definition) is 0. The first-order valence-corrected chi connectivity index (χ1v) is 4.68. The van der Waals surface area contributed by atoms with Gasteiger partial charge in [-0.1, -0.05) is 35.9 Å². The molecule has 0 unspecified atom stereocenters. The van der Waals surface area contributed by atoms with Gasteiger partial charge in [-0.15, -0.1) is 0 Å². The zero-order chi connectivity index (χ0) is 10.8. The third kappa shape index (κ3) is 1.85. The Morgan fingerprint density at radius 1 is 1.07 bits per heavy atom. The van der Waals surface area contributed by atoms with Crippen LogP contribution in [0.4, 0.5) is 8.78 Å². The summed E-state index contributed by atoms with van der Waals surface area (Å²) < 4.78 is 26.4. The van der Waals surface area contributed by atoms with Gasteiger partial charge in [-0.25, -0.2) is 8.78 Å². The molecule has 0 bridgehead atoms. The Hall–Kier alpha value is -1.41. The van der Waals surface area contributed by atoms with E-state index in [9.17, 15) is 8.78 Å². The molecule has 0 heterocycles. The smallest absolute Gasteiger partial charge is 0.166 e. The van der Waals surface area contributed by atoms with Crippen LogP contribution in [0, 0.1) is 17.7 Å². The topological polar surface area (TPSA) is 0 Å². The van der Waals surface area contributed by atoms with Gasteiger partial charge in [0.05, 0.1) is 0 Å². The molecule has 0 nitrogen and oxygen atoms in total. The van der Waals surface area contributed by atoms with Crippen LogP contribution in [0.3, 0.4) is 0 Å². The summed E-state index contributed by atoms with van der Waals surface area (Å²) in [6.45, 7) is 0. The second kappa shape index (κ2) is 3.99. The Morgan fingerprint density at radius 2 is 1.87 bits per heavy atom. The summed E-state index contributed by atoms with van der Waals surface area (Å²) in [5, 5.41) is 0.349. The third-order valence-corrected chi connectivity index (χ3v) is 2.37. The highest BCUT2D eigenvalue weighted by molar-refractivity contribution is 6.33. The summed E-state index contributed by atoms with van der Waals surface area (Å²) in [7, 11) is 0. The van der Waals surface area contributed by atoms with Gasteiger partial charge in [-0.3, -0.25) is 0 Å². The van der Waals surface area contributed by atoms with E-state index in [0.717, 1.165) is 6.07 Å². The molecule has 0 spiro atoms. The van der Waals surface area contributed by atoms with Crippen LogP contribution >= 0.6 is 11.6 Å². The minimum absolute atomic E-state index is 0.161. The maximum atomic E-state index is 13.4. The van der Waals surface area contributed by atoms with Crippen LogP contribution in [0.5, 0.6) is 0 Å². The van der Waals surface area contributed by atoms with Crippen molar-refractivity contribution in [2.75, 3.05) is 0 Å². The highest BCUT2D eigenvalue weighted by Crippen LogP contribution is 2.30. The fraction of sp³-hybridized carbons (Fsp3) is 0. The van der Waals surface area contributed by atoms with Gasteiger partial charge in [-0.05, 0) is 18.2 Å². The summed E-state index contributed by atoms with van der Waals surface area (Å²) in [6, 6.07) is 11.5. The molecular formula is C12H6ClF2. The number of rotatable bonds is 1. The molecule has 0 aliphatic carbocycles. The lowest BCUT2D eigenvalue weighted by Crippen LogP contribution is -1.89. The molecule has 0 amide bonds. The molecule has 2 aromatic rings. The first-order valence-electron chi connectivity index (χ1n) is 4.30. The van der Waals surface area contributed by atoms with E-state index in [0.29, 0.717) is 10.6 Å². The van der Waals surface area contributed by atoms with Crippen LogP contribution in [-0.4, -0.2) is 0 Å². The minimum atomic E-state index is -0.884. The van der Waals surface area contributed by atoms with Gasteiger partial charge in [-0.2, -0.15) is 0 Å². The maximum absolute atomic E-state index is 13.4. The molecule has 0 aliphatic heterocycles. The third-order valence-electron chi connectivity index (χ3n) is 2.06. The molecule has 0 aliphatic rings. The Balaban J connectivity index is 2.65. The number of benzene rings is 2. The van der Waals surface area contributed by atoms with Gasteiger partial charge in [0.25, 0.3) is 0 Å². The number of halogens is 3. The lowest BCUT2D eigenvalue weighted by atomic mass is 10.1. The molecule has 0 saturated heterocycles. The van der Waals surface area contributed by atoms with Gasteiger partial charge >= 0.3 is 0 Å². The van der Waals surface area contributed by atoms with E-state index in [2.05, 4.69) is 6.07 Å². The first kappa shape index (κ1) is 10.1. The van der Waals surface area contributed by atoms with Crippen molar-refractivity contribution in [3.8, 4) is 11.1 Å². The quantitative estimate of drug-likeness (QED) is 0.683. The highest BCUT2D eigenvalue weighted by atomic mass is 35.5. The largest absolute Gasteiger partial charge is 0.204 e. The van der Waals surface area contributed by atoms with E-state index in [1.807, 2.05) is 0 Å². The van der Waals surface area contributed by atoms with Gasteiger partial charge in [0.2, 0.25) is 0 Å². The summed E-state index contributed by atoms with van der Waals surface area (Å²) in [5.74, 6) is -1.76. The SMILES string of the molecule is Fc1cccc(-c2cc[c]cc2Cl)c1F. The normalized spacial score (nSPS) is 10.3. The molecule has 1 radical (unpaired) electrons. The molecule has 0 fully saturated rings. The molecule has 0 saturated carbocycles. The standard InChI is InChI=1S/C12H6ClF2/c13-10-6-2-1-4-8(10)9-5-3-7-11(14)12(9)15/h1,3-7H. The van der Waals surface area contributed by atoms with Crippen LogP contribution in [0.25, 0.3) is 11.1 Å². The zero-order valence-corrected chi connectivity index (χ0v) is 8.35. The van der Waals surface area contributed by atoms with Crippen LogP contribution in [0.1, 0.15) is 0 Å². The van der Waals surface area contributed by atoms with Crippen molar-refractivity contribution in [3.05, 3.63) is 59.1 Å². The van der Waals surface area contributed by atoms with E-state index < -0.39 is 11.6 Å². The van der Waals surface area contributed by atoms with Crippen LogP contribution in [-0.2, 0) is 0 Å². The Bertz CT molecular complexity index is 495. The molecule has 75 valence electrons. The Morgan fingerprint density at radius 3 is 2.60 bits per heavy atom. The monoisotopic (exact) mass is 223 g/mol. The Labute approximate surface area is 91.1 Å². The van der Waals surface area contributed by atoms with Crippen LogP contribution in [0.2, 0.25) is 5.02 Å². The summed E-state index contributed by atoms with van der Waals surface area (Å²) in [4.78, 5) is 0. The molecular weight excluding hydrogens is 218 g/mol. The number of hydrogen-bond donors (Lipinski definition) is 0. The molecule has 2 rings (SSSR count). The Kier molecular flexibility index (Phi) is 2.69. The lowest BCUT2D eigenvalue weighted by molar-refractivity contribution is 0.511. The van der Waals surface area contributed by atoms with E-state index in [1.165, 1.54) is 18.2 Å². The molecule has 0 N–H and O–H groups in total. The predicted octanol–water partition coefficient (Wildman–Crippen LogP) is 4.09.